The van der Waals surface area contributed by atoms with Gasteiger partial charge in [0.25, 0.3) is 0 Å². The number of carboxylic acids is 1. The topological polar surface area (TPSA) is 60.9 Å². The molecule has 1 amide bonds. The highest BCUT2D eigenvalue weighted by Gasteiger charge is 2.22. The monoisotopic (exact) mass is 228 g/mol. The van der Waals surface area contributed by atoms with Gasteiger partial charge < -0.3 is 10.0 Å². The van der Waals surface area contributed by atoms with Gasteiger partial charge in [-0.05, 0) is 31.8 Å². The Bertz CT molecular complexity index is 260. The highest BCUT2D eigenvalue weighted by atomic mass is 16.4. The van der Waals surface area contributed by atoms with Crippen LogP contribution < -0.4 is 0 Å². The number of hydrogen-bond donors (Lipinski definition) is 1. The summed E-state index contributed by atoms with van der Waals surface area (Å²) in [7, 11) is 1.81. The Kier molecular flexibility index (Phi) is 4.73. The van der Waals surface area contributed by atoms with Crippen molar-refractivity contribution >= 4 is 11.9 Å². The quantitative estimate of drug-likeness (QED) is 0.750. The van der Waals surface area contributed by atoms with E-state index in [2.05, 4.69) is 0 Å². The minimum atomic E-state index is -0.765. The number of carboxylic acid groups (broad SMARTS) is 1. The van der Waals surface area contributed by atoms with E-state index in [0.717, 1.165) is 32.5 Å². The predicted octanol–water partition coefficient (Wildman–Crippen LogP) is 0.261. The van der Waals surface area contributed by atoms with Gasteiger partial charge in [0.05, 0.1) is 6.54 Å². The van der Waals surface area contributed by atoms with Gasteiger partial charge in [-0.25, -0.2) is 0 Å². The van der Waals surface area contributed by atoms with Gasteiger partial charge in [0.1, 0.15) is 0 Å². The van der Waals surface area contributed by atoms with Crippen LogP contribution >= 0.6 is 0 Å². The first kappa shape index (κ1) is 13.0. The fourth-order valence-electron chi connectivity index (χ4n) is 2.03. The molecule has 16 heavy (non-hydrogen) atoms. The number of aliphatic carboxylic acids is 1. The average molecular weight is 228 g/mol. The van der Waals surface area contributed by atoms with E-state index in [1.807, 2.05) is 11.9 Å². The number of carbonyl (C=O) groups excluding carboxylic acids is 1. The fourth-order valence-corrected chi connectivity index (χ4v) is 2.03. The molecule has 0 aromatic rings. The minimum Gasteiger partial charge on any atom is -0.480 e. The van der Waals surface area contributed by atoms with Gasteiger partial charge in [0.15, 0.2) is 0 Å². The van der Waals surface area contributed by atoms with Gasteiger partial charge in [-0.15, -0.1) is 0 Å². The summed E-state index contributed by atoms with van der Waals surface area (Å²) in [4.78, 5) is 25.3. The summed E-state index contributed by atoms with van der Waals surface area (Å²) in [5, 5.41) is 8.66. The maximum absolute atomic E-state index is 11.1. The second-order valence-electron chi connectivity index (χ2n) is 4.51. The molecular weight excluding hydrogens is 208 g/mol. The second-order valence-corrected chi connectivity index (χ2v) is 4.51. The van der Waals surface area contributed by atoms with Gasteiger partial charge in [0.2, 0.25) is 5.91 Å². The van der Waals surface area contributed by atoms with Crippen molar-refractivity contribution < 1.29 is 14.7 Å². The SMILES string of the molecule is CC(=O)N(C)CC1CCN(CC(=O)O)CC1. The molecule has 1 rings (SSSR count). The van der Waals surface area contributed by atoms with E-state index in [-0.39, 0.29) is 12.5 Å². The van der Waals surface area contributed by atoms with Crippen molar-refractivity contribution in [3.8, 4) is 0 Å². The molecule has 0 aliphatic carbocycles. The Morgan fingerprint density at radius 1 is 1.38 bits per heavy atom. The fraction of sp³-hybridized carbons (Fsp3) is 0.818. The van der Waals surface area contributed by atoms with Crippen LogP contribution in [0.3, 0.4) is 0 Å². The van der Waals surface area contributed by atoms with Crippen molar-refractivity contribution in [2.24, 2.45) is 5.92 Å². The maximum Gasteiger partial charge on any atom is 0.317 e. The van der Waals surface area contributed by atoms with Crippen LogP contribution in [0.4, 0.5) is 0 Å². The lowest BCUT2D eigenvalue weighted by molar-refractivity contribution is -0.138. The van der Waals surface area contributed by atoms with Crippen molar-refractivity contribution in [2.75, 3.05) is 33.2 Å². The van der Waals surface area contributed by atoms with Gasteiger partial charge >= 0.3 is 5.97 Å². The number of piperidine rings is 1. The van der Waals surface area contributed by atoms with Crippen LogP contribution in [0, 0.1) is 5.92 Å². The molecule has 1 saturated heterocycles. The van der Waals surface area contributed by atoms with Crippen molar-refractivity contribution in [2.45, 2.75) is 19.8 Å². The summed E-state index contributed by atoms with van der Waals surface area (Å²) in [6, 6.07) is 0. The summed E-state index contributed by atoms with van der Waals surface area (Å²) < 4.78 is 0. The Balaban J connectivity index is 2.26. The van der Waals surface area contributed by atoms with Gasteiger partial charge in [0, 0.05) is 20.5 Å². The standard InChI is InChI=1S/C11H20N2O3/c1-9(14)12(2)7-10-3-5-13(6-4-10)8-11(15)16/h10H,3-8H2,1-2H3,(H,15,16). The molecule has 0 aromatic carbocycles. The van der Waals surface area contributed by atoms with E-state index >= 15 is 0 Å². The summed E-state index contributed by atoms with van der Waals surface area (Å²) in [6.07, 6.45) is 1.95. The number of nitrogens with zero attached hydrogens (tertiary/aromatic N) is 2. The maximum atomic E-state index is 11.1. The van der Waals surface area contributed by atoms with E-state index in [1.54, 1.807) is 11.8 Å². The third kappa shape index (κ3) is 4.18. The molecule has 1 fully saturated rings. The van der Waals surface area contributed by atoms with Crippen LogP contribution in [0.2, 0.25) is 0 Å². The zero-order valence-corrected chi connectivity index (χ0v) is 9.98. The van der Waals surface area contributed by atoms with E-state index in [9.17, 15) is 9.59 Å². The lowest BCUT2D eigenvalue weighted by atomic mass is 9.96. The first-order chi connectivity index (χ1) is 7.49. The Labute approximate surface area is 96.0 Å². The molecule has 0 bridgehead atoms. The number of likely N-dealkylation sites (tertiary alicyclic amines) is 1. The van der Waals surface area contributed by atoms with E-state index in [0.29, 0.717) is 5.92 Å². The van der Waals surface area contributed by atoms with Crippen LogP contribution in [0.25, 0.3) is 0 Å². The van der Waals surface area contributed by atoms with Crippen LogP contribution in [0.1, 0.15) is 19.8 Å². The molecule has 0 atom stereocenters. The predicted molar refractivity (Wildman–Crippen MR) is 60.1 cm³/mol. The molecule has 0 unspecified atom stereocenters. The highest BCUT2D eigenvalue weighted by molar-refractivity contribution is 5.72. The Morgan fingerprint density at radius 2 is 1.94 bits per heavy atom. The number of hydrogen-bond acceptors (Lipinski definition) is 3. The first-order valence-electron chi connectivity index (χ1n) is 5.65. The number of rotatable bonds is 4. The van der Waals surface area contributed by atoms with Crippen molar-refractivity contribution in [1.82, 2.24) is 9.80 Å². The molecule has 0 saturated carbocycles. The third-order valence-corrected chi connectivity index (χ3v) is 3.14. The molecule has 5 heteroatoms. The molecule has 1 aliphatic heterocycles. The highest BCUT2D eigenvalue weighted by Crippen LogP contribution is 2.17. The molecule has 92 valence electrons. The van der Waals surface area contributed by atoms with E-state index in [1.165, 1.54) is 0 Å². The molecule has 0 aromatic heterocycles. The Morgan fingerprint density at radius 3 is 2.38 bits per heavy atom. The molecule has 0 radical (unpaired) electrons. The minimum absolute atomic E-state index is 0.0907. The van der Waals surface area contributed by atoms with Crippen LogP contribution in [0.5, 0.6) is 0 Å². The Hall–Kier alpha value is -1.10. The molecular formula is C11H20N2O3. The molecule has 1 heterocycles. The van der Waals surface area contributed by atoms with Crippen LogP contribution in [-0.4, -0.2) is 60.0 Å². The largest absolute Gasteiger partial charge is 0.480 e. The summed E-state index contributed by atoms with van der Waals surface area (Å²) in [6.45, 7) is 4.14. The summed E-state index contributed by atoms with van der Waals surface area (Å²) >= 11 is 0. The van der Waals surface area contributed by atoms with Crippen molar-refractivity contribution in [3.05, 3.63) is 0 Å². The smallest absolute Gasteiger partial charge is 0.317 e. The van der Waals surface area contributed by atoms with Gasteiger partial charge in [-0.2, -0.15) is 0 Å². The summed E-state index contributed by atoms with van der Waals surface area (Å²) in [5.41, 5.74) is 0. The zero-order valence-electron chi connectivity index (χ0n) is 9.98. The molecule has 1 N–H and O–H groups in total. The van der Waals surface area contributed by atoms with Crippen LogP contribution in [-0.2, 0) is 9.59 Å². The van der Waals surface area contributed by atoms with Gasteiger partial charge in [-0.3, -0.25) is 14.5 Å². The van der Waals surface area contributed by atoms with Gasteiger partial charge in [-0.1, -0.05) is 0 Å². The normalized spacial score (nSPS) is 18.4. The third-order valence-electron chi connectivity index (χ3n) is 3.14. The molecule has 1 aliphatic rings. The van der Waals surface area contributed by atoms with Crippen molar-refractivity contribution in [3.63, 3.8) is 0 Å². The lowest BCUT2D eigenvalue weighted by Gasteiger charge is -2.32. The second kappa shape index (κ2) is 5.84. The molecule has 5 nitrogen and oxygen atoms in total. The lowest BCUT2D eigenvalue weighted by Crippen LogP contribution is -2.40. The molecule has 0 spiro atoms. The zero-order chi connectivity index (χ0) is 12.1. The number of amides is 1. The van der Waals surface area contributed by atoms with E-state index in [4.69, 9.17) is 5.11 Å². The average Bonchev–Trinajstić information content (AvgIpc) is 2.20. The van der Waals surface area contributed by atoms with E-state index < -0.39 is 5.97 Å². The van der Waals surface area contributed by atoms with Crippen LogP contribution in [0.15, 0.2) is 0 Å². The first-order valence-corrected chi connectivity index (χ1v) is 5.65. The van der Waals surface area contributed by atoms with Crippen molar-refractivity contribution in [1.29, 1.82) is 0 Å². The number of carbonyl (C=O) groups is 2. The summed E-state index contributed by atoms with van der Waals surface area (Å²) in [5.74, 6) is -0.161.